The van der Waals surface area contributed by atoms with E-state index in [0.29, 0.717) is 0 Å². The molecule has 0 aromatic carbocycles. The molecule has 0 amide bonds. The van der Waals surface area contributed by atoms with Crippen LogP contribution in [0.5, 0.6) is 5.75 Å². The Kier molecular flexibility index (Phi) is 2.33. The summed E-state index contributed by atoms with van der Waals surface area (Å²) in [4.78, 5) is 3.92. The van der Waals surface area contributed by atoms with Crippen molar-refractivity contribution in [1.82, 2.24) is 4.98 Å². The lowest BCUT2D eigenvalue weighted by Gasteiger charge is -1.98. The molecule has 4 heteroatoms. The minimum absolute atomic E-state index is 0.190. The van der Waals surface area contributed by atoms with Crippen LogP contribution in [0, 0.1) is 0 Å². The quantitative estimate of drug-likeness (QED) is 0.849. The minimum Gasteiger partial charge on any atom is -0.506 e. The molecule has 0 aliphatic carbocycles. The first kappa shape index (κ1) is 8.72. The first-order chi connectivity index (χ1) is 6.27. The molecule has 0 spiro atoms. The summed E-state index contributed by atoms with van der Waals surface area (Å²) in [6.07, 6.45) is 3.15. The Morgan fingerprint density at radius 3 is 2.77 bits per heavy atom. The highest BCUT2D eigenvalue weighted by atomic mass is 79.9. The summed E-state index contributed by atoms with van der Waals surface area (Å²) in [5, 5.41) is 13.2. The Bertz CT molecular complexity index is 427. The summed E-state index contributed by atoms with van der Waals surface area (Å²) >= 11 is 5.04. The van der Waals surface area contributed by atoms with E-state index in [9.17, 15) is 5.11 Å². The molecule has 0 aliphatic heterocycles. The van der Waals surface area contributed by atoms with Gasteiger partial charge in [-0.3, -0.25) is 4.98 Å². The highest BCUT2D eigenvalue weighted by Crippen LogP contribution is 2.32. The average molecular weight is 256 g/mol. The van der Waals surface area contributed by atoms with E-state index in [1.807, 2.05) is 10.8 Å². The molecule has 0 aliphatic rings. The van der Waals surface area contributed by atoms with Crippen molar-refractivity contribution in [1.29, 1.82) is 0 Å². The number of pyridine rings is 1. The third kappa shape index (κ3) is 1.73. The van der Waals surface area contributed by atoms with Gasteiger partial charge < -0.3 is 5.11 Å². The Hall–Kier alpha value is -0.870. The second-order valence-corrected chi connectivity index (χ2v) is 4.16. The van der Waals surface area contributed by atoms with Crippen molar-refractivity contribution in [2.24, 2.45) is 0 Å². The van der Waals surface area contributed by atoms with Gasteiger partial charge in [-0.2, -0.15) is 11.3 Å². The van der Waals surface area contributed by atoms with Gasteiger partial charge in [0.1, 0.15) is 5.75 Å². The van der Waals surface area contributed by atoms with Crippen LogP contribution in [0.15, 0.2) is 33.7 Å². The van der Waals surface area contributed by atoms with E-state index in [1.54, 1.807) is 23.6 Å². The number of aromatic hydroxyl groups is 1. The lowest BCUT2D eigenvalue weighted by Crippen LogP contribution is -1.77. The molecule has 0 saturated heterocycles. The lowest BCUT2D eigenvalue weighted by atomic mass is 10.1. The van der Waals surface area contributed by atoms with Crippen molar-refractivity contribution in [2.45, 2.75) is 0 Å². The molecule has 2 rings (SSSR count). The Balaban J connectivity index is 2.53. The predicted octanol–water partition coefficient (Wildman–Crippen LogP) is 3.28. The number of hydrogen-bond donors (Lipinski definition) is 1. The molecule has 13 heavy (non-hydrogen) atoms. The predicted molar refractivity (Wildman–Crippen MR) is 56.9 cm³/mol. The van der Waals surface area contributed by atoms with Crippen LogP contribution < -0.4 is 0 Å². The molecule has 0 fully saturated rings. The van der Waals surface area contributed by atoms with Gasteiger partial charge in [0.15, 0.2) is 0 Å². The molecule has 0 radical (unpaired) electrons. The molecule has 2 aromatic heterocycles. The van der Waals surface area contributed by atoms with Crippen molar-refractivity contribution in [3.63, 3.8) is 0 Å². The Morgan fingerprint density at radius 1 is 1.31 bits per heavy atom. The summed E-state index contributed by atoms with van der Waals surface area (Å²) in [5.41, 5.74) is 1.99. The van der Waals surface area contributed by atoms with Gasteiger partial charge in [-0.15, -0.1) is 0 Å². The van der Waals surface area contributed by atoms with Gasteiger partial charge in [-0.1, -0.05) is 0 Å². The third-order valence-corrected chi connectivity index (χ3v) is 3.35. The van der Waals surface area contributed by atoms with Crippen LogP contribution >= 0.6 is 27.3 Å². The van der Waals surface area contributed by atoms with Gasteiger partial charge in [0.05, 0.1) is 6.20 Å². The number of hydrogen-bond acceptors (Lipinski definition) is 3. The normalized spacial score (nSPS) is 10.2. The van der Waals surface area contributed by atoms with E-state index in [1.165, 1.54) is 6.20 Å². The van der Waals surface area contributed by atoms with Crippen molar-refractivity contribution in [3.8, 4) is 16.9 Å². The van der Waals surface area contributed by atoms with E-state index >= 15 is 0 Å². The zero-order chi connectivity index (χ0) is 9.26. The maximum absolute atomic E-state index is 9.23. The molecule has 2 nitrogen and oxygen atoms in total. The number of aromatic nitrogens is 1. The molecular weight excluding hydrogens is 250 g/mol. The molecule has 0 atom stereocenters. The number of halogens is 1. The third-order valence-electron chi connectivity index (χ3n) is 1.65. The van der Waals surface area contributed by atoms with Crippen LogP contribution in [0.2, 0.25) is 0 Å². The number of rotatable bonds is 1. The van der Waals surface area contributed by atoms with E-state index in [0.717, 1.165) is 15.6 Å². The summed E-state index contributed by atoms with van der Waals surface area (Å²) in [5.74, 6) is 0.190. The lowest BCUT2D eigenvalue weighted by molar-refractivity contribution is 0.473. The first-order valence-corrected chi connectivity index (χ1v) is 5.37. The van der Waals surface area contributed by atoms with Crippen molar-refractivity contribution >= 4 is 27.3 Å². The SMILES string of the molecule is Oc1cncc(-c2cscc2Br)c1. The van der Waals surface area contributed by atoms with E-state index < -0.39 is 0 Å². The summed E-state index contributed by atoms with van der Waals surface area (Å²) in [7, 11) is 0. The van der Waals surface area contributed by atoms with Crippen LogP contribution in [0.25, 0.3) is 11.1 Å². The second kappa shape index (κ2) is 3.47. The molecule has 1 N–H and O–H groups in total. The maximum atomic E-state index is 9.23. The summed E-state index contributed by atoms with van der Waals surface area (Å²) in [6, 6.07) is 1.69. The topological polar surface area (TPSA) is 33.1 Å². The summed E-state index contributed by atoms with van der Waals surface area (Å²) in [6.45, 7) is 0. The van der Waals surface area contributed by atoms with Crippen LogP contribution in [0.1, 0.15) is 0 Å². The molecule has 66 valence electrons. The molecule has 0 bridgehead atoms. The highest BCUT2D eigenvalue weighted by molar-refractivity contribution is 9.10. The number of nitrogens with zero attached hydrogens (tertiary/aromatic N) is 1. The molecule has 0 unspecified atom stereocenters. The monoisotopic (exact) mass is 255 g/mol. The fourth-order valence-corrected chi connectivity index (χ4v) is 2.59. The van der Waals surface area contributed by atoms with Crippen LogP contribution in [0.3, 0.4) is 0 Å². The minimum atomic E-state index is 0.190. The molecular formula is C9H6BrNOS. The van der Waals surface area contributed by atoms with Crippen molar-refractivity contribution in [3.05, 3.63) is 33.7 Å². The fraction of sp³-hybridized carbons (Fsp3) is 0. The smallest absolute Gasteiger partial charge is 0.134 e. The maximum Gasteiger partial charge on any atom is 0.134 e. The fourth-order valence-electron chi connectivity index (χ4n) is 1.06. The van der Waals surface area contributed by atoms with Gasteiger partial charge in [0.25, 0.3) is 0 Å². The van der Waals surface area contributed by atoms with Crippen LogP contribution in [0.4, 0.5) is 0 Å². The zero-order valence-electron chi connectivity index (χ0n) is 6.57. The molecule has 2 aromatic rings. The van der Waals surface area contributed by atoms with Gasteiger partial charge in [0.2, 0.25) is 0 Å². The molecule has 2 heterocycles. The van der Waals surface area contributed by atoms with Crippen LogP contribution in [-0.4, -0.2) is 10.1 Å². The van der Waals surface area contributed by atoms with E-state index in [4.69, 9.17) is 0 Å². The van der Waals surface area contributed by atoms with Gasteiger partial charge in [0, 0.05) is 27.2 Å². The van der Waals surface area contributed by atoms with Gasteiger partial charge in [-0.05, 0) is 27.4 Å². The van der Waals surface area contributed by atoms with Crippen molar-refractivity contribution in [2.75, 3.05) is 0 Å². The van der Waals surface area contributed by atoms with E-state index in [-0.39, 0.29) is 5.75 Å². The van der Waals surface area contributed by atoms with Crippen LogP contribution in [-0.2, 0) is 0 Å². The standard InChI is InChI=1S/C9H6BrNOS/c10-9-5-13-4-8(9)6-1-7(12)3-11-2-6/h1-5,12H. The zero-order valence-corrected chi connectivity index (χ0v) is 8.97. The van der Waals surface area contributed by atoms with Gasteiger partial charge in [-0.25, -0.2) is 0 Å². The highest BCUT2D eigenvalue weighted by Gasteiger charge is 2.04. The second-order valence-electron chi connectivity index (χ2n) is 2.57. The summed E-state index contributed by atoms with van der Waals surface area (Å²) < 4.78 is 1.03. The number of thiophene rings is 1. The Labute approximate surface area is 88.0 Å². The first-order valence-electron chi connectivity index (χ1n) is 3.63. The largest absolute Gasteiger partial charge is 0.506 e. The van der Waals surface area contributed by atoms with E-state index in [2.05, 4.69) is 20.9 Å². The molecule has 0 saturated carbocycles. The van der Waals surface area contributed by atoms with Gasteiger partial charge >= 0.3 is 0 Å². The average Bonchev–Trinajstić information content (AvgIpc) is 2.51. The van der Waals surface area contributed by atoms with Crippen molar-refractivity contribution < 1.29 is 5.11 Å². The Morgan fingerprint density at radius 2 is 2.15 bits per heavy atom.